The van der Waals surface area contributed by atoms with E-state index in [0.717, 1.165) is 0 Å². The molecule has 17 heavy (non-hydrogen) atoms. The number of hydrogen-bond acceptors (Lipinski definition) is 3. The van der Waals surface area contributed by atoms with Crippen LogP contribution >= 0.6 is 0 Å². The Labute approximate surface area is 96.3 Å². The van der Waals surface area contributed by atoms with Gasteiger partial charge in [0.05, 0.1) is 5.71 Å². The first kappa shape index (κ1) is 11.9. The van der Waals surface area contributed by atoms with Crippen LogP contribution < -0.4 is 0 Å². The number of aromatic nitrogens is 1. The molecule has 1 aromatic rings. The molecule has 92 valence electrons. The Hall–Kier alpha value is -1.59. The van der Waals surface area contributed by atoms with Gasteiger partial charge in [0.15, 0.2) is 0 Å². The predicted molar refractivity (Wildman–Crippen MR) is 55.5 cm³/mol. The van der Waals surface area contributed by atoms with Crippen molar-refractivity contribution in [3.05, 3.63) is 29.6 Å². The second kappa shape index (κ2) is 3.72. The fourth-order valence-corrected chi connectivity index (χ4v) is 1.83. The molecule has 3 nitrogen and oxygen atoms in total. The summed E-state index contributed by atoms with van der Waals surface area (Å²) < 4.78 is 39.5. The molecule has 0 fully saturated rings. The van der Waals surface area contributed by atoms with E-state index >= 15 is 0 Å². The summed E-state index contributed by atoms with van der Waals surface area (Å²) >= 11 is 0. The summed E-state index contributed by atoms with van der Waals surface area (Å²) in [6.45, 7) is 3.19. The zero-order valence-corrected chi connectivity index (χ0v) is 9.38. The highest BCUT2D eigenvalue weighted by Crippen LogP contribution is 2.47. The lowest BCUT2D eigenvalue weighted by molar-refractivity contribution is -0.276. The molecule has 0 N–H and O–H groups in total. The Kier molecular flexibility index (Phi) is 2.60. The number of alkyl halides is 3. The Balaban J connectivity index is 2.50. The standard InChI is InChI=1S/C11H11F3N2O/c1-7-3-9(6-15-5-7)10(11(12,13)14)4-8(2)16-17-10/h3,5-6H,4H2,1-2H3. The summed E-state index contributed by atoms with van der Waals surface area (Å²) in [5.74, 6) is 0. The van der Waals surface area contributed by atoms with Crippen LogP contribution in [0.5, 0.6) is 0 Å². The maximum atomic E-state index is 13.2. The lowest BCUT2D eigenvalue weighted by Crippen LogP contribution is -2.42. The van der Waals surface area contributed by atoms with Crippen molar-refractivity contribution in [3.8, 4) is 0 Å². The summed E-state index contributed by atoms with van der Waals surface area (Å²) in [5, 5.41) is 3.43. The zero-order chi connectivity index (χ0) is 12.7. The normalized spacial score (nSPS) is 24.4. The number of oxime groups is 1. The van der Waals surface area contributed by atoms with Crippen LogP contribution in [0, 0.1) is 6.92 Å². The third-order valence-electron chi connectivity index (χ3n) is 2.66. The first-order valence-corrected chi connectivity index (χ1v) is 5.06. The minimum absolute atomic E-state index is 0.00870. The molecule has 0 amide bonds. The van der Waals surface area contributed by atoms with Crippen molar-refractivity contribution in [3.63, 3.8) is 0 Å². The van der Waals surface area contributed by atoms with Crippen LogP contribution in [0.1, 0.15) is 24.5 Å². The zero-order valence-electron chi connectivity index (χ0n) is 9.38. The number of halogens is 3. The number of rotatable bonds is 1. The van der Waals surface area contributed by atoms with E-state index in [1.54, 1.807) is 6.92 Å². The SMILES string of the molecule is CC1=NOC(c2cncc(C)c2)(C(F)(F)F)C1. The van der Waals surface area contributed by atoms with Gasteiger partial charge in [0.25, 0.3) is 5.60 Å². The first-order valence-electron chi connectivity index (χ1n) is 5.06. The summed E-state index contributed by atoms with van der Waals surface area (Å²) in [5.41, 5.74) is -1.41. The van der Waals surface area contributed by atoms with Crippen molar-refractivity contribution < 1.29 is 18.0 Å². The molecular formula is C11H11F3N2O. The average molecular weight is 244 g/mol. The van der Waals surface area contributed by atoms with Crippen molar-refractivity contribution in [1.29, 1.82) is 0 Å². The molecule has 0 saturated heterocycles. The molecule has 0 spiro atoms. The molecule has 0 radical (unpaired) electrons. The molecule has 1 aliphatic rings. The lowest BCUT2D eigenvalue weighted by Gasteiger charge is -2.29. The number of hydrogen-bond donors (Lipinski definition) is 0. The van der Waals surface area contributed by atoms with Gasteiger partial charge in [-0.15, -0.1) is 0 Å². The van der Waals surface area contributed by atoms with Crippen molar-refractivity contribution in [2.75, 3.05) is 0 Å². The molecular weight excluding hydrogens is 233 g/mol. The van der Waals surface area contributed by atoms with Crippen LogP contribution in [0.4, 0.5) is 13.2 Å². The molecule has 0 saturated carbocycles. The molecule has 2 rings (SSSR count). The second-order valence-corrected chi connectivity index (χ2v) is 4.17. The summed E-state index contributed by atoms with van der Waals surface area (Å²) in [7, 11) is 0. The van der Waals surface area contributed by atoms with Crippen LogP contribution in [0.2, 0.25) is 0 Å². The molecule has 0 aromatic carbocycles. The minimum atomic E-state index is -4.52. The van der Waals surface area contributed by atoms with Gasteiger partial charge in [-0.1, -0.05) is 5.16 Å². The van der Waals surface area contributed by atoms with Gasteiger partial charge in [0, 0.05) is 24.4 Å². The molecule has 1 aromatic heterocycles. The molecule has 6 heteroatoms. The highest BCUT2D eigenvalue weighted by atomic mass is 19.4. The molecule has 2 heterocycles. The smallest absolute Gasteiger partial charge is 0.374 e. The topological polar surface area (TPSA) is 34.5 Å². The van der Waals surface area contributed by atoms with E-state index in [9.17, 15) is 13.2 Å². The summed E-state index contributed by atoms with van der Waals surface area (Å²) in [6, 6.07) is 1.43. The van der Waals surface area contributed by atoms with Crippen LogP contribution in [-0.4, -0.2) is 16.9 Å². The largest absolute Gasteiger partial charge is 0.435 e. The van der Waals surface area contributed by atoms with Gasteiger partial charge in [0.2, 0.25) is 0 Å². The van der Waals surface area contributed by atoms with Gasteiger partial charge in [-0.25, -0.2) is 0 Å². The third kappa shape index (κ3) is 1.87. The maximum Gasteiger partial charge on any atom is 0.435 e. The van der Waals surface area contributed by atoms with Crippen LogP contribution in [0.15, 0.2) is 23.6 Å². The van der Waals surface area contributed by atoms with Crippen molar-refractivity contribution in [2.24, 2.45) is 5.16 Å². The van der Waals surface area contributed by atoms with E-state index in [1.807, 2.05) is 0 Å². The summed E-state index contributed by atoms with van der Waals surface area (Å²) in [6.07, 6.45) is -2.14. The predicted octanol–water partition coefficient (Wildman–Crippen LogP) is 2.94. The van der Waals surface area contributed by atoms with E-state index in [-0.39, 0.29) is 12.0 Å². The van der Waals surface area contributed by atoms with Crippen LogP contribution in [-0.2, 0) is 10.4 Å². The molecule has 0 aliphatic carbocycles. The first-order chi connectivity index (χ1) is 7.85. The number of pyridine rings is 1. The molecule has 1 atom stereocenters. The lowest BCUT2D eigenvalue weighted by atomic mass is 9.89. The Morgan fingerprint density at radius 2 is 2.00 bits per heavy atom. The van der Waals surface area contributed by atoms with Crippen molar-refractivity contribution in [1.82, 2.24) is 4.98 Å². The maximum absolute atomic E-state index is 13.2. The fourth-order valence-electron chi connectivity index (χ4n) is 1.83. The van der Waals surface area contributed by atoms with Gasteiger partial charge < -0.3 is 4.84 Å². The molecule has 0 bridgehead atoms. The molecule has 1 aliphatic heterocycles. The van der Waals surface area contributed by atoms with Crippen LogP contribution in [0.25, 0.3) is 0 Å². The van der Waals surface area contributed by atoms with E-state index in [0.29, 0.717) is 11.3 Å². The quantitative estimate of drug-likeness (QED) is 0.761. The average Bonchev–Trinajstić information content (AvgIpc) is 2.61. The van der Waals surface area contributed by atoms with Crippen LogP contribution in [0.3, 0.4) is 0 Å². The van der Waals surface area contributed by atoms with Gasteiger partial charge in [-0.2, -0.15) is 13.2 Å². The van der Waals surface area contributed by atoms with Gasteiger partial charge in [-0.05, 0) is 25.5 Å². The number of nitrogens with zero attached hydrogens (tertiary/aromatic N) is 2. The van der Waals surface area contributed by atoms with Gasteiger partial charge in [-0.3, -0.25) is 4.98 Å². The highest BCUT2D eigenvalue weighted by Gasteiger charge is 2.61. The van der Waals surface area contributed by atoms with E-state index < -0.39 is 11.8 Å². The highest BCUT2D eigenvalue weighted by molar-refractivity contribution is 5.84. The van der Waals surface area contributed by atoms with E-state index in [1.165, 1.54) is 25.4 Å². The molecule has 1 unspecified atom stereocenters. The van der Waals surface area contributed by atoms with E-state index in [2.05, 4.69) is 15.0 Å². The minimum Gasteiger partial charge on any atom is -0.374 e. The fraction of sp³-hybridized carbons (Fsp3) is 0.455. The van der Waals surface area contributed by atoms with E-state index in [4.69, 9.17) is 0 Å². The summed E-state index contributed by atoms with van der Waals surface area (Å²) in [4.78, 5) is 8.46. The van der Waals surface area contributed by atoms with Crippen molar-refractivity contribution >= 4 is 5.71 Å². The van der Waals surface area contributed by atoms with Gasteiger partial charge >= 0.3 is 6.18 Å². The Morgan fingerprint density at radius 1 is 1.29 bits per heavy atom. The third-order valence-corrected chi connectivity index (χ3v) is 2.66. The number of aryl methyl sites for hydroxylation is 1. The Morgan fingerprint density at radius 3 is 2.47 bits per heavy atom. The monoisotopic (exact) mass is 244 g/mol. The Bertz CT molecular complexity index is 470. The second-order valence-electron chi connectivity index (χ2n) is 4.17. The van der Waals surface area contributed by atoms with Crippen molar-refractivity contribution in [2.45, 2.75) is 32.0 Å². The van der Waals surface area contributed by atoms with Gasteiger partial charge in [0.1, 0.15) is 0 Å².